The normalized spacial score (nSPS) is 10.9. The van der Waals surface area contributed by atoms with Gasteiger partial charge in [0, 0.05) is 36.6 Å². The highest BCUT2D eigenvalue weighted by Crippen LogP contribution is 2.24. The Morgan fingerprint density at radius 2 is 2.06 bits per heavy atom. The molecule has 4 aromatic rings. The van der Waals surface area contributed by atoms with E-state index in [9.17, 15) is 9.59 Å². The zero-order valence-corrected chi connectivity index (χ0v) is 17.3. The van der Waals surface area contributed by atoms with Gasteiger partial charge in [0.25, 0.3) is 0 Å². The highest BCUT2D eigenvalue weighted by molar-refractivity contribution is 5.96. The first-order valence-corrected chi connectivity index (χ1v) is 9.95. The molecular weight excluding hydrogens is 396 g/mol. The van der Waals surface area contributed by atoms with Crippen molar-refractivity contribution in [3.05, 3.63) is 66.2 Å². The van der Waals surface area contributed by atoms with Crippen LogP contribution >= 0.6 is 0 Å². The molecular formula is C22H22N6O3. The molecule has 0 saturated carbocycles. The molecule has 1 N–H and O–H groups in total. The third-order valence-electron chi connectivity index (χ3n) is 4.68. The van der Waals surface area contributed by atoms with Crippen molar-refractivity contribution in [1.82, 2.24) is 24.4 Å². The minimum Gasteiger partial charge on any atom is -0.462 e. The van der Waals surface area contributed by atoms with E-state index in [2.05, 4.69) is 20.5 Å². The van der Waals surface area contributed by atoms with Crippen LogP contribution in [-0.2, 0) is 16.1 Å². The summed E-state index contributed by atoms with van der Waals surface area (Å²) in [5, 5.41) is 11.5. The van der Waals surface area contributed by atoms with Crippen molar-refractivity contribution in [3.8, 4) is 11.3 Å². The number of hydrogen-bond donors (Lipinski definition) is 1. The predicted molar refractivity (Wildman–Crippen MR) is 115 cm³/mol. The fraction of sp³-hybridized carbons (Fsp3) is 0.227. The molecule has 158 valence electrons. The second-order valence-electron chi connectivity index (χ2n) is 6.94. The molecule has 4 rings (SSSR count). The third kappa shape index (κ3) is 4.45. The lowest BCUT2D eigenvalue weighted by Crippen LogP contribution is -2.14. The third-order valence-corrected chi connectivity index (χ3v) is 4.68. The van der Waals surface area contributed by atoms with Crippen molar-refractivity contribution in [3.63, 3.8) is 0 Å². The van der Waals surface area contributed by atoms with Crippen LogP contribution in [0.25, 0.3) is 16.9 Å². The van der Waals surface area contributed by atoms with Gasteiger partial charge in [0.15, 0.2) is 5.65 Å². The summed E-state index contributed by atoms with van der Waals surface area (Å²) in [5.74, 6) is -0.565. The van der Waals surface area contributed by atoms with Crippen molar-refractivity contribution in [2.45, 2.75) is 26.8 Å². The molecule has 0 saturated heterocycles. The number of amides is 1. The van der Waals surface area contributed by atoms with Gasteiger partial charge in [-0.1, -0.05) is 12.1 Å². The molecule has 0 aliphatic rings. The Hall–Kier alpha value is -4.01. The quantitative estimate of drug-likeness (QED) is 0.463. The Kier molecular flexibility index (Phi) is 5.74. The average Bonchev–Trinajstić information content (AvgIpc) is 3.38. The van der Waals surface area contributed by atoms with Crippen LogP contribution in [0.4, 0.5) is 5.69 Å². The van der Waals surface area contributed by atoms with Gasteiger partial charge < -0.3 is 10.1 Å². The fourth-order valence-corrected chi connectivity index (χ4v) is 3.25. The molecule has 0 unspecified atom stereocenters. The Bertz CT molecular complexity index is 1240. The number of fused-ring (bicyclic) bond motifs is 1. The first kappa shape index (κ1) is 20.3. The van der Waals surface area contributed by atoms with E-state index in [-0.39, 0.29) is 12.5 Å². The largest absolute Gasteiger partial charge is 0.462 e. The molecule has 9 heteroatoms. The number of hydrogen-bond acceptors (Lipinski definition) is 6. The average molecular weight is 418 g/mol. The molecule has 3 heterocycles. The van der Waals surface area contributed by atoms with E-state index in [4.69, 9.17) is 4.74 Å². The number of nitrogens with one attached hydrogen (secondary N) is 1. The summed E-state index contributed by atoms with van der Waals surface area (Å²) < 4.78 is 8.41. The Morgan fingerprint density at radius 3 is 2.84 bits per heavy atom. The molecule has 0 bridgehead atoms. The zero-order chi connectivity index (χ0) is 21.8. The van der Waals surface area contributed by atoms with Crippen LogP contribution in [0, 0.1) is 6.92 Å². The number of carbonyl (C=O) groups is 2. The van der Waals surface area contributed by atoms with Crippen LogP contribution in [0.3, 0.4) is 0 Å². The monoisotopic (exact) mass is 418 g/mol. The number of carbonyl (C=O) groups excluding carboxylic acids is 2. The zero-order valence-electron chi connectivity index (χ0n) is 17.3. The molecule has 0 aliphatic heterocycles. The van der Waals surface area contributed by atoms with Crippen LogP contribution < -0.4 is 5.32 Å². The summed E-state index contributed by atoms with van der Waals surface area (Å²) >= 11 is 0. The topological polar surface area (TPSA) is 103 Å². The molecule has 31 heavy (non-hydrogen) atoms. The van der Waals surface area contributed by atoms with Crippen LogP contribution in [0.1, 0.15) is 29.4 Å². The number of nitrogens with zero attached hydrogens (tertiary/aromatic N) is 5. The van der Waals surface area contributed by atoms with E-state index >= 15 is 0 Å². The van der Waals surface area contributed by atoms with Gasteiger partial charge in [0.2, 0.25) is 5.91 Å². The summed E-state index contributed by atoms with van der Waals surface area (Å²) in [6, 6.07) is 11.1. The molecule has 3 aromatic heterocycles. The van der Waals surface area contributed by atoms with Gasteiger partial charge >= 0.3 is 5.97 Å². The van der Waals surface area contributed by atoms with E-state index in [0.717, 1.165) is 17.0 Å². The van der Waals surface area contributed by atoms with Crippen molar-refractivity contribution in [2.75, 3.05) is 11.9 Å². The first-order chi connectivity index (χ1) is 15.0. The van der Waals surface area contributed by atoms with Crippen molar-refractivity contribution < 1.29 is 14.3 Å². The molecule has 1 aromatic carbocycles. The van der Waals surface area contributed by atoms with Gasteiger partial charge in [0.1, 0.15) is 5.56 Å². The highest BCUT2D eigenvalue weighted by Gasteiger charge is 2.17. The number of rotatable bonds is 7. The second kappa shape index (κ2) is 8.78. The lowest BCUT2D eigenvalue weighted by atomic mass is 10.1. The fourth-order valence-electron chi connectivity index (χ4n) is 3.25. The van der Waals surface area contributed by atoms with Crippen molar-refractivity contribution >= 4 is 23.2 Å². The Morgan fingerprint density at radius 1 is 1.19 bits per heavy atom. The summed E-state index contributed by atoms with van der Waals surface area (Å²) in [5.41, 5.74) is 3.88. The molecule has 9 nitrogen and oxygen atoms in total. The number of aryl methyl sites for hydroxylation is 2. The van der Waals surface area contributed by atoms with E-state index < -0.39 is 5.97 Å². The van der Waals surface area contributed by atoms with Crippen LogP contribution in [-0.4, -0.2) is 42.9 Å². The first-order valence-electron chi connectivity index (χ1n) is 9.95. The lowest BCUT2D eigenvalue weighted by molar-refractivity contribution is -0.116. The smallest absolute Gasteiger partial charge is 0.343 e. The van der Waals surface area contributed by atoms with Gasteiger partial charge in [-0.15, -0.1) is 0 Å². The van der Waals surface area contributed by atoms with Gasteiger partial charge in [-0.2, -0.15) is 10.2 Å². The minimum atomic E-state index is -0.462. The molecule has 1 amide bonds. The maximum atomic E-state index is 12.4. The Balaban J connectivity index is 1.53. The van der Waals surface area contributed by atoms with E-state index in [0.29, 0.717) is 29.9 Å². The van der Waals surface area contributed by atoms with Crippen LogP contribution in [0.15, 0.2) is 55.0 Å². The molecule has 0 radical (unpaired) electrons. The van der Waals surface area contributed by atoms with Crippen molar-refractivity contribution in [2.24, 2.45) is 0 Å². The number of anilines is 1. The second-order valence-corrected chi connectivity index (χ2v) is 6.94. The molecule has 0 atom stereocenters. The Labute approximate surface area is 178 Å². The molecule has 0 fully saturated rings. The number of ether oxygens (including phenoxy) is 1. The SMILES string of the molecule is CCOC(=O)c1cnn2c(-c3cccc(NC(=O)CCn4ccc(C)n4)c3)ccnc12. The maximum absolute atomic E-state index is 12.4. The molecule has 0 aliphatic carbocycles. The summed E-state index contributed by atoms with van der Waals surface area (Å²) in [6.45, 7) is 4.44. The van der Waals surface area contributed by atoms with Gasteiger partial charge in [-0.05, 0) is 38.1 Å². The molecule has 0 spiro atoms. The number of aromatic nitrogens is 5. The van der Waals surface area contributed by atoms with Gasteiger partial charge in [-0.3, -0.25) is 9.48 Å². The highest BCUT2D eigenvalue weighted by atomic mass is 16.5. The summed E-state index contributed by atoms with van der Waals surface area (Å²) in [6.07, 6.45) is 5.23. The lowest BCUT2D eigenvalue weighted by Gasteiger charge is -2.09. The number of esters is 1. The standard InChI is InChI=1S/C22H22N6O3/c1-3-31-22(30)18-14-24-28-19(7-10-23-21(18)28)16-5-4-6-17(13-16)25-20(29)9-12-27-11-8-15(2)26-27/h4-8,10-11,13-14H,3,9,12H2,1-2H3,(H,25,29). The van der Waals surface area contributed by atoms with Gasteiger partial charge in [0.05, 0.1) is 24.2 Å². The van der Waals surface area contributed by atoms with Crippen LogP contribution in [0.2, 0.25) is 0 Å². The maximum Gasteiger partial charge on any atom is 0.343 e. The summed E-state index contributed by atoms with van der Waals surface area (Å²) in [4.78, 5) is 28.8. The minimum absolute atomic E-state index is 0.103. The number of benzene rings is 1. The van der Waals surface area contributed by atoms with Gasteiger partial charge in [-0.25, -0.2) is 14.3 Å². The van der Waals surface area contributed by atoms with E-state index in [1.807, 2.05) is 43.5 Å². The van der Waals surface area contributed by atoms with E-state index in [1.54, 1.807) is 28.4 Å². The van der Waals surface area contributed by atoms with Crippen molar-refractivity contribution in [1.29, 1.82) is 0 Å². The van der Waals surface area contributed by atoms with E-state index in [1.165, 1.54) is 6.20 Å². The summed E-state index contributed by atoms with van der Waals surface area (Å²) in [7, 11) is 0. The predicted octanol–water partition coefficient (Wildman–Crippen LogP) is 3.11. The van der Waals surface area contributed by atoms with Crippen LogP contribution in [0.5, 0.6) is 0 Å².